The van der Waals surface area contributed by atoms with Gasteiger partial charge in [-0.1, -0.05) is 53.7 Å². The van der Waals surface area contributed by atoms with E-state index in [4.69, 9.17) is 9.57 Å². The first kappa shape index (κ1) is 25.3. The number of phenolic OH excluding ortho intramolecular Hbond substituents is 1. The second kappa shape index (κ2) is 9.94. The summed E-state index contributed by atoms with van der Waals surface area (Å²) in [5.74, 6) is -0.331. The van der Waals surface area contributed by atoms with Crippen molar-refractivity contribution in [3.8, 4) is 17.2 Å². The van der Waals surface area contributed by atoms with Crippen LogP contribution in [0.5, 0.6) is 17.2 Å². The maximum absolute atomic E-state index is 12.9. The summed E-state index contributed by atoms with van der Waals surface area (Å²) in [6, 6.07) is 22.7. The Hall–Kier alpha value is -4.02. The van der Waals surface area contributed by atoms with Gasteiger partial charge < -0.3 is 19.4 Å². The smallest absolute Gasteiger partial charge is 0.504 e. The predicted octanol–water partition coefficient (Wildman–Crippen LogP) is 6.81. The number of hydrogen-bond acceptors (Lipinski definition) is 7. The number of thiophene rings is 1. The van der Waals surface area contributed by atoms with Gasteiger partial charge in [0.1, 0.15) is 5.75 Å². The van der Waals surface area contributed by atoms with E-state index >= 15 is 0 Å². The molecule has 3 heterocycles. The Balaban J connectivity index is 1.49. The highest BCUT2D eigenvalue weighted by atomic mass is 32.1. The summed E-state index contributed by atoms with van der Waals surface area (Å²) in [4.78, 5) is 9.18. The fourth-order valence-electron chi connectivity index (χ4n) is 5.35. The maximum atomic E-state index is 12.9. The highest BCUT2D eigenvalue weighted by Gasteiger charge is 2.49. The number of alkyl halides is 3. The monoisotopic (exact) mass is 552 g/mol. The minimum Gasteiger partial charge on any atom is -0.504 e. The van der Waals surface area contributed by atoms with Crippen LogP contribution in [0.15, 0.2) is 89.4 Å². The molecule has 200 valence electrons. The molecule has 39 heavy (non-hydrogen) atoms. The van der Waals surface area contributed by atoms with Crippen LogP contribution in [0.3, 0.4) is 0 Å². The maximum Gasteiger partial charge on any atom is 0.573 e. The molecule has 0 fully saturated rings. The quantitative estimate of drug-likeness (QED) is 0.285. The molecule has 0 aliphatic carbocycles. The summed E-state index contributed by atoms with van der Waals surface area (Å²) in [6.07, 6.45) is -5.38. The molecule has 1 aromatic heterocycles. The van der Waals surface area contributed by atoms with Crippen LogP contribution in [0.1, 0.15) is 39.1 Å². The molecular weight excluding hydrogens is 529 g/mol. The summed E-state index contributed by atoms with van der Waals surface area (Å²) >= 11 is 1.56. The molecule has 10 heteroatoms. The Kier molecular flexibility index (Phi) is 6.44. The van der Waals surface area contributed by atoms with Crippen LogP contribution in [0, 0.1) is 0 Å². The molecule has 0 saturated heterocycles. The average Bonchev–Trinajstić information content (AvgIpc) is 3.59. The van der Waals surface area contributed by atoms with Crippen molar-refractivity contribution >= 4 is 17.0 Å². The Bertz CT molecular complexity index is 1510. The van der Waals surface area contributed by atoms with Crippen molar-refractivity contribution in [1.82, 2.24) is 4.90 Å². The van der Waals surface area contributed by atoms with Crippen molar-refractivity contribution in [2.24, 2.45) is 5.16 Å². The van der Waals surface area contributed by atoms with Gasteiger partial charge in [-0.15, -0.1) is 24.5 Å². The van der Waals surface area contributed by atoms with Gasteiger partial charge in [-0.3, -0.25) is 0 Å². The van der Waals surface area contributed by atoms with E-state index in [1.54, 1.807) is 23.5 Å². The second-order valence-corrected chi connectivity index (χ2v) is 10.2. The molecule has 2 aliphatic rings. The van der Waals surface area contributed by atoms with E-state index < -0.39 is 12.6 Å². The van der Waals surface area contributed by atoms with Crippen molar-refractivity contribution in [1.29, 1.82) is 0 Å². The number of nitrogens with zero attached hydrogens (tertiary/aromatic N) is 2. The van der Waals surface area contributed by atoms with Gasteiger partial charge in [0, 0.05) is 17.0 Å². The molecule has 1 N–H and O–H groups in total. The van der Waals surface area contributed by atoms with Crippen molar-refractivity contribution in [3.05, 3.63) is 111 Å². The van der Waals surface area contributed by atoms with E-state index in [2.05, 4.69) is 14.8 Å². The van der Waals surface area contributed by atoms with Gasteiger partial charge in [0.05, 0.1) is 24.8 Å². The number of benzene rings is 3. The molecule has 3 atom stereocenters. The molecule has 0 radical (unpaired) electrons. The molecule has 2 aliphatic heterocycles. The van der Waals surface area contributed by atoms with E-state index in [1.165, 1.54) is 25.3 Å². The fourth-order valence-corrected chi connectivity index (χ4v) is 6.21. The molecule has 0 unspecified atom stereocenters. The summed E-state index contributed by atoms with van der Waals surface area (Å²) in [7, 11) is 1.49. The second-order valence-electron chi connectivity index (χ2n) is 9.25. The number of oxime groups is 1. The number of methoxy groups -OCH3 is 1. The standard InChI is InChI=1S/C29H23F3N2O4S/c1-36-23-15-21-20(14-22(23)35)25-26(18-8-3-2-4-9-18)33-38-28(25)34(27(21)24-11-6-12-39-24)16-17-7-5-10-19(13-17)37-29(30,31)32/h2-15,25,27-28,35H,16H2,1H3/t25-,27-,28+/m0/s1. The average molecular weight is 553 g/mol. The van der Waals surface area contributed by atoms with Crippen LogP contribution in [-0.4, -0.2) is 35.4 Å². The van der Waals surface area contributed by atoms with Crippen LogP contribution in [0.4, 0.5) is 13.2 Å². The SMILES string of the molecule is COc1cc2c(cc1O)[C@H]1C(c3ccccc3)=NO[C@H]1N(Cc1cccc(OC(F)(F)F)c1)[C@@H]2c1cccs1. The molecule has 0 amide bonds. The van der Waals surface area contributed by atoms with Crippen LogP contribution in [0.25, 0.3) is 0 Å². The zero-order valence-electron chi connectivity index (χ0n) is 20.6. The fraction of sp³-hybridized carbons (Fsp3) is 0.207. The molecule has 6 rings (SSSR count). The van der Waals surface area contributed by atoms with E-state index in [0.29, 0.717) is 17.0 Å². The van der Waals surface area contributed by atoms with Gasteiger partial charge >= 0.3 is 6.36 Å². The number of fused-ring (bicyclic) bond motifs is 3. The first-order valence-electron chi connectivity index (χ1n) is 12.2. The zero-order chi connectivity index (χ0) is 27.1. The highest BCUT2D eigenvalue weighted by Crippen LogP contribution is 2.51. The van der Waals surface area contributed by atoms with E-state index in [1.807, 2.05) is 53.9 Å². The summed E-state index contributed by atoms with van der Waals surface area (Å²) in [5, 5.41) is 17.2. The lowest BCUT2D eigenvalue weighted by atomic mass is 9.79. The zero-order valence-corrected chi connectivity index (χ0v) is 21.4. The van der Waals surface area contributed by atoms with Crippen molar-refractivity contribution in [2.75, 3.05) is 7.11 Å². The molecular formula is C29H23F3N2O4S. The molecule has 4 aromatic rings. The van der Waals surface area contributed by atoms with Crippen molar-refractivity contribution in [2.45, 2.75) is 31.1 Å². The minimum absolute atomic E-state index is 0.00434. The Morgan fingerprint density at radius 1 is 1.00 bits per heavy atom. The molecule has 0 bridgehead atoms. The third-order valence-corrected chi connectivity index (χ3v) is 7.82. The summed E-state index contributed by atoms with van der Waals surface area (Å²) in [6.45, 7) is 0.249. The van der Waals surface area contributed by atoms with Crippen molar-refractivity contribution < 1.29 is 32.6 Å². The lowest BCUT2D eigenvalue weighted by Gasteiger charge is -2.43. The Morgan fingerprint density at radius 3 is 2.54 bits per heavy atom. The van der Waals surface area contributed by atoms with Gasteiger partial charge in [0.2, 0.25) is 0 Å². The number of hydrogen-bond donors (Lipinski definition) is 1. The Labute approximate surface area is 226 Å². The normalized spacial score (nSPS) is 20.5. The van der Waals surface area contributed by atoms with Crippen LogP contribution >= 0.6 is 11.3 Å². The third kappa shape index (κ3) is 4.81. The van der Waals surface area contributed by atoms with Crippen molar-refractivity contribution in [3.63, 3.8) is 0 Å². The summed E-state index contributed by atoms with van der Waals surface area (Å²) in [5.41, 5.74) is 3.94. The number of rotatable bonds is 6. The van der Waals surface area contributed by atoms with Crippen LogP contribution in [-0.2, 0) is 11.4 Å². The molecule has 6 nitrogen and oxygen atoms in total. The van der Waals surface area contributed by atoms with Gasteiger partial charge in [0.25, 0.3) is 0 Å². The lowest BCUT2D eigenvalue weighted by Crippen LogP contribution is -2.46. The van der Waals surface area contributed by atoms with Crippen LogP contribution in [0.2, 0.25) is 0 Å². The van der Waals surface area contributed by atoms with Gasteiger partial charge in [0.15, 0.2) is 17.7 Å². The number of phenols is 1. The predicted molar refractivity (Wildman–Crippen MR) is 140 cm³/mol. The first-order valence-corrected chi connectivity index (χ1v) is 13.0. The van der Waals surface area contributed by atoms with E-state index in [9.17, 15) is 18.3 Å². The van der Waals surface area contributed by atoms with Gasteiger partial charge in [-0.2, -0.15) is 0 Å². The van der Waals surface area contributed by atoms with Gasteiger partial charge in [-0.05, 0) is 52.4 Å². The molecule has 0 saturated carbocycles. The van der Waals surface area contributed by atoms with Gasteiger partial charge in [-0.25, -0.2) is 4.90 Å². The molecule has 3 aromatic carbocycles. The minimum atomic E-state index is -4.79. The topological polar surface area (TPSA) is 63.5 Å². The Morgan fingerprint density at radius 2 is 1.82 bits per heavy atom. The number of ether oxygens (including phenoxy) is 2. The number of halogens is 3. The third-order valence-electron chi connectivity index (χ3n) is 6.89. The summed E-state index contributed by atoms with van der Waals surface area (Å²) < 4.78 is 48.4. The lowest BCUT2D eigenvalue weighted by molar-refractivity contribution is -0.274. The number of aromatic hydroxyl groups is 1. The highest BCUT2D eigenvalue weighted by molar-refractivity contribution is 7.10. The van der Waals surface area contributed by atoms with E-state index in [0.717, 1.165) is 21.6 Å². The van der Waals surface area contributed by atoms with Crippen LogP contribution < -0.4 is 9.47 Å². The largest absolute Gasteiger partial charge is 0.573 e. The first-order chi connectivity index (χ1) is 18.8. The molecule has 0 spiro atoms. The van der Waals surface area contributed by atoms with E-state index in [-0.39, 0.29) is 30.0 Å².